The molecule has 0 radical (unpaired) electrons. The Morgan fingerprint density at radius 1 is 1.27 bits per heavy atom. The van der Waals surface area contributed by atoms with Crippen LogP contribution in [0.3, 0.4) is 0 Å². The number of hydrogen-bond donors (Lipinski definition) is 3. The average molecular weight is 295 g/mol. The van der Waals surface area contributed by atoms with E-state index in [1.54, 1.807) is 18.6 Å². The third kappa shape index (κ3) is 2.56. The molecule has 0 aromatic carbocycles. The molecule has 6 heteroatoms. The van der Waals surface area contributed by atoms with Crippen LogP contribution in [0.1, 0.15) is 5.56 Å². The monoisotopic (exact) mass is 295 g/mol. The minimum atomic E-state index is 0.0773. The minimum absolute atomic E-state index is 0.0773. The van der Waals surface area contributed by atoms with Gasteiger partial charge in [0.25, 0.3) is 0 Å². The molecule has 3 aromatic heterocycles. The van der Waals surface area contributed by atoms with Crippen LogP contribution in [0.4, 0.5) is 11.6 Å². The number of aromatic nitrogens is 3. The Morgan fingerprint density at radius 3 is 2.91 bits per heavy atom. The highest BCUT2D eigenvalue weighted by atomic mass is 16.2. The molecule has 4 N–H and O–H groups in total. The largest absolute Gasteiger partial charge is 0.396 e. The predicted octanol–water partition coefficient (Wildman–Crippen LogP) is 1.85. The summed E-state index contributed by atoms with van der Waals surface area (Å²) in [6.45, 7) is 0.0773. The van der Waals surface area contributed by atoms with Crippen LogP contribution >= 0.6 is 0 Å². The lowest BCUT2D eigenvalue weighted by molar-refractivity contribution is 0.300. The van der Waals surface area contributed by atoms with E-state index < -0.39 is 0 Å². The fourth-order valence-electron chi connectivity index (χ4n) is 2.44. The molecule has 0 unspecified atom stereocenters. The first kappa shape index (κ1) is 14.2. The van der Waals surface area contributed by atoms with E-state index in [1.807, 2.05) is 25.2 Å². The van der Waals surface area contributed by atoms with Crippen LogP contribution in [0.5, 0.6) is 0 Å². The highest BCUT2D eigenvalue weighted by Crippen LogP contribution is 2.28. The van der Waals surface area contributed by atoms with E-state index in [0.29, 0.717) is 12.2 Å². The van der Waals surface area contributed by atoms with Gasteiger partial charge in [0.2, 0.25) is 0 Å². The molecule has 0 amide bonds. The summed E-state index contributed by atoms with van der Waals surface area (Å²) in [5.41, 5.74) is 8.69. The van der Waals surface area contributed by atoms with E-state index in [1.165, 1.54) is 0 Å². The van der Waals surface area contributed by atoms with E-state index in [9.17, 15) is 5.11 Å². The summed E-state index contributed by atoms with van der Waals surface area (Å²) >= 11 is 0. The first-order valence-corrected chi connectivity index (χ1v) is 7.01. The second kappa shape index (κ2) is 5.95. The Labute approximate surface area is 128 Å². The van der Waals surface area contributed by atoms with Crippen molar-refractivity contribution in [3.8, 4) is 11.3 Å². The van der Waals surface area contributed by atoms with Crippen LogP contribution in [0.25, 0.3) is 22.0 Å². The number of anilines is 2. The lowest BCUT2D eigenvalue weighted by Crippen LogP contribution is -2.00. The number of aliphatic hydroxyl groups is 1. The van der Waals surface area contributed by atoms with Gasteiger partial charge in [-0.1, -0.05) is 0 Å². The van der Waals surface area contributed by atoms with Gasteiger partial charge in [-0.3, -0.25) is 4.98 Å². The number of rotatable bonds is 4. The van der Waals surface area contributed by atoms with Gasteiger partial charge in [-0.05, 0) is 35.6 Å². The molecule has 3 rings (SSSR count). The molecule has 112 valence electrons. The normalized spacial score (nSPS) is 10.8. The third-order valence-electron chi connectivity index (χ3n) is 3.57. The molecule has 0 aliphatic rings. The molecule has 6 nitrogen and oxygen atoms in total. The van der Waals surface area contributed by atoms with Crippen LogP contribution in [-0.2, 0) is 6.42 Å². The highest BCUT2D eigenvalue weighted by Gasteiger charge is 2.10. The summed E-state index contributed by atoms with van der Waals surface area (Å²) < 4.78 is 0. The molecule has 0 fully saturated rings. The molecule has 0 aliphatic heterocycles. The summed E-state index contributed by atoms with van der Waals surface area (Å²) in [6.07, 6.45) is 5.72. The van der Waals surface area contributed by atoms with Crippen LogP contribution in [0, 0.1) is 0 Å². The summed E-state index contributed by atoms with van der Waals surface area (Å²) in [5, 5.41) is 14.0. The summed E-state index contributed by atoms with van der Waals surface area (Å²) in [4.78, 5) is 12.9. The van der Waals surface area contributed by atoms with Crippen molar-refractivity contribution in [2.75, 3.05) is 24.7 Å². The molecule has 3 aromatic rings. The standard InChI is InChI=1S/C16H17N5O/c1-18-15-7-11-6-14(21-16(17)13(11)9-20-15)12-8-19-4-2-10(12)3-5-22/h2,4,6-9,22H,3,5H2,1H3,(H2,17,21)(H,18,20). The van der Waals surface area contributed by atoms with Crippen LogP contribution in [0.15, 0.2) is 36.8 Å². The predicted molar refractivity (Wildman–Crippen MR) is 87.5 cm³/mol. The topological polar surface area (TPSA) is 97.0 Å². The van der Waals surface area contributed by atoms with Crippen LogP contribution < -0.4 is 11.1 Å². The number of nitrogens with two attached hydrogens (primary N) is 1. The van der Waals surface area contributed by atoms with Crippen molar-refractivity contribution in [3.05, 3.63) is 42.4 Å². The maximum absolute atomic E-state index is 9.20. The lowest BCUT2D eigenvalue weighted by atomic mass is 10.0. The summed E-state index contributed by atoms with van der Waals surface area (Å²) in [6, 6.07) is 5.78. The smallest absolute Gasteiger partial charge is 0.133 e. The number of nitrogens with zero attached hydrogens (tertiary/aromatic N) is 3. The summed E-state index contributed by atoms with van der Waals surface area (Å²) in [7, 11) is 1.82. The molecule has 3 heterocycles. The molecular formula is C16H17N5O. The Bertz CT molecular complexity index is 819. The van der Waals surface area contributed by atoms with E-state index in [4.69, 9.17) is 5.73 Å². The lowest BCUT2D eigenvalue weighted by Gasteiger charge is -2.10. The maximum Gasteiger partial charge on any atom is 0.133 e. The van der Waals surface area contributed by atoms with E-state index in [2.05, 4.69) is 20.3 Å². The van der Waals surface area contributed by atoms with Gasteiger partial charge in [0, 0.05) is 43.2 Å². The SMILES string of the molecule is CNc1cc2cc(-c3cnccc3CCO)nc(N)c2cn1. The molecule has 0 bridgehead atoms. The highest BCUT2D eigenvalue weighted by molar-refractivity contribution is 5.94. The fourth-order valence-corrected chi connectivity index (χ4v) is 2.44. The molecule has 0 saturated carbocycles. The summed E-state index contributed by atoms with van der Waals surface area (Å²) in [5.74, 6) is 1.20. The first-order chi connectivity index (χ1) is 10.7. The van der Waals surface area contributed by atoms with Crippen molar-refractivity contribution in [1.29, 1.82) is 0 Å². The van der Waals surface area contributed by atoms with Crippen molar-refractivity contribution in [1.82, 2.24) is 15.0 Å². The minimum Gasteiger partial charge on any atom is -0.396 e. The van der Waals surface area contributed by atoms with Gasteiger partial charge < -0.3 is 16.2 Å². The van der Waals surface area contributed by atoms with E-state index >= 15 is 0 Å². The van der Waals surface area contributed by atoms with Crippen LogP contribution in [-0.4, -0.2) is 33.7 Å². The van der Waals surface area contributed by atoms with Crippen molar-refractivity contribution >= 4 is 22.4 Å². The van der Waals surface area contributed by atoms with Crippen molar-refractivity contribution in [3.63, 3.8) is 0 Å². The van der Waals surface area contributed by atoms with Crippen LogP contribution in [0.2, 0.25) is 0 Å². The number of nitrogens with one attached hydrogen (secondary N) is 1. The van der Waals surface area contributed by atoms with Gasteiger partial charge in [0.05, 0.1) is 5.69 Å². The van der Waals surface area contributed by atoms with E-state index in [-0.39, 0.29) is 6.61 Å². The van der Waals surface area contributed by atoms with Gasteiger partial charge >= 0.3 is 0 Å². The molecule has 22 heavy (non-hydrogen) atoms. The second-order valence-corrected chi connectivity index (χ2v) is 4.94. The zero-order valence-electron chi connectivity index (χ0n) is 12.2. The van der Waals surface area contributed by atoms with Gasteiger partial charge in [-0.15, -0.1) is 0 Å². The fraction of sp³-hybridized carbons (Fsp3) is 0.188. The Kier molecular flexibility index (Phi) is 3.84. The van der Waals surface area contributed by atoms with Gasteiger partial charge in [-0.2, -0.15) is 0 Å². The number of hydrogen-bond acceptors (Lipinski definition) is 6. The molecule has 0 aliphatic carbocycles. The van der Waals surface area contributed by atoms with Gasteiger partial charge in [0.1, 0.15) is 11.6 Å². The second-order valence-electron chi connectivity index (χ2n) is 4.94. The van der Waals surface area contributed by atoms with Crippen molar-refractivity contribution in [2.24, 2.45) is 0 Å². The zero-order valence-corrected chi connectivity index (χ0v) is 12.2. The number of pyridine rings is 3. The molecule has 0 atom stereocenters. The number of aliphatic hydroxyl groups excluding tert-OH is 1. The molecular weight excluding hydrogens is 278 g/mol. The quantitative estimate of drug-likeness (QED) is 0.679. The third-order valence-corrected chi connectivity index (χ3v) is 3.57. The van der Waals surface area contributed by atoms with Gasteiger partial charge in [0.15, 0.2) is 0 Å². The number of nitrogen functional groups attached to an aromatic ring is 1. The Morgan fingerprint density at radius 2 is 2.14 bits per heavy atom. The number of fused-ring (bicyclic) bond motifs is 1. The molecule has 0 saturated heterocycles. The Balaban J connectivity index is 2.19. The maximum atomic E-state index is 9.20. The molecule has 0 spiro atoms. The van der Waals surface area contributed by atoms with Crippen molar-refractivity contribution in [2.45, 2.75) is 6.42 Å². The van der Waals surface area contributed by atoms with E-state index in [0.717, 1.165) is 33.4 Å². The van der Waals surface area contributed by atoms with Crippen molar-refractivity contribution < 1.29 is 5.11 Å². The average Bonchev–Trinajstić information content (AvgIpc) is 2.55. The first-order valence-electron chi connectivity index (χ1n) is 7.01. The Hall–Kier alpha value is -2.73. The van der Waals surface area contributed by atoms with Gasteiger partial charge in [-0.25, -0.2) is 9.97 Å². The zero-order chi connectivity index (χ0) is 15.5.